The van der Waals surface area contributed by atoms with Gasteiger partial charge in [0.05, 0.1) is 18.4 Å². The highest BCUT2D eigenvalue weighted by atomic mass is 35.5. The van der Waals surface area contributed by atoms with Gasteiger partial charge in [-0.25, -0.2) is 0 Å². The van der Waals surface area contributed by atoms with E-state index in [9.17, 15) is 14.4 Å². The Hall–Kier alpha value is -2.08. The summed E-state index contributed by atoms with van der Waals surface area (Å²) in [5.74, 6) is -1.10. The zero-order valence-electron chi connectivity index (χ0n) is 13.8. The number of carbonyl (C=O) groups excluding carboxylic acids is 2. The van der Waals surface area contributed by atoms with Crippen LogP contribution < -0.4 is 5.32 Å². The second-order valence-electron chi connectivity index (χ2n) is 6.85. The van der Waals surface area contributed by atoms with Gasteiger partial charge in [0.2, 0.25) is 11.8 Å². The molecule has 0 unspecified atom stereocenters. The Balaban J connectivity index is 1.64. The standard InChI is InChI=1S/C18H21ClN2O4/c19-14-5-3-12(4-6-14)15(8-17(23)24)20-18(25)13-7-16(22)21(10-13)9-11-1-2-11/h3-6,11,13,15H,1-2,7-10H2,(H,20,25)(H,23,24)/t13-,15+/m0/s1. The molecule has 1 aromatic carbocycles. The number of rotatable bonds is 7. The largest absolute Gasteiger partial charge is 0.481 e. The number of carboxylic acids is 1. The Labute approximate surface area is 151 Å². The molecule has 0 spiro atoms. The molecule has 0 radical (unpaired) electrons. The lowest BCUT2D eigenvalue weighted by Gasteiger charge is -2.20. The molecule has 3 rings (SSSR count). The molecule has 7 heteroatoms. The molecule has 2 N–H and O–H groups in total. The van der Waals surface area contributed by atoms with Gasteiger partial charge in [-0.05, 0) is 36.5 Å². The predicted octanol–water partition coefficient (Wildman–Crippen LogP) is 2.23. The van der Waals surface area contributed by atoms with Crippen LogP contribution in [0.15, 0.2) is 24.3 Å². The number of halogens is 1. The Morgan fingerprint density at radius 1 is 1.28 bits per heavy atom. The van der Waals surface area contributed by atoms with Crippen LogP contribution in [0.25, 0.3) is 0 Å². The first-order valence-electron chi connectivity index (χ1n) is 8.48. The van der Waals surface area contributed by atoms with E-state index in [1.807, 2.05) is 0 Å². The van der Waals surface area contributed by atoms with E-state index in [4.69, 9.17) is 16.7 Å². The van der Waals surface area contributed by atoms with Crippen LogP contribution in [-0.2, 0) is 14.4 Å². The Bertz CT molecular complexity index is 672. The molecule has 134 valence electrons. The van der Waals surface area contributed by atoms with Crippen molar-refractivity contribution < 1.29 is 19.5 Å². The normalized spacial score (nSPS) is 21.2. The Morgan fingerprint density at radius 3 is 2.56 bits per heavy atom. The highest BCUT2D eigenvalue weighted by molar-refractivity contribution is 6.30. The lowest BCUT2D eigenvalue weighted by atomic mass is 10.0. The van der Waals surface area contributed by atoms with Crippen LogP contribution in [0.1, 0.15) is 37.3 Å². The fraction of sp³-hybridized carbons (Fsp3) is 0.500. The van der Waals surface area contributed by atoms with E-state index in [0.29, 0.717) is 23.0 Å². The number of aliphatic carboxylic acids is 1. The summed E-state index contributed by atoms with van der Waals surface area (Å²) in [7, 11) is 0. The van der Waals surface area contributed by atoms with Crippen LogP contribution in [0, 0.1) is 11.8 Å². The third-order valence-corrected chi connectivity index (χ3v) is 4.98. The number of nitrogens with one attached hydrogen (secondary N) is 1. The SMILES string of the molecule is O=C(O)C[C@@H](NC(=O)[C@H]1CC(=O)N(CC2CC2)C1)c1ccc(Cl)cc1. The van der Waals surface area contributed by atoms with Crippen molar-refractivity contribution in [2.24, 2.45) is 11.8 Å². The summed E-state index contributed by atoms with van der Waals surface area (Å²) < 4.78 is 0. The topological polar surface area (TPSA) is 86.7 Å². The number of hydrogen-bond acceptors (Lipinski definition) is 3. The van der Waals surface area contributed by atoms with E-state index >= 15 is 0 Å². The van der Waals surface area contributed by atoms with Gasteiger partial charge in [0.25, 0.3) is 0 Å². The molecular weight excluding hydrogens is 344 g/mol. The molecule has 1 aromatic rings. The van der Waals surface area contributed by atoms with Crippen molar-refractivity contribution >= 4 is 29.4 Å². The van der Waals surface area contributed by atoms with Crippen LogP contribution >= 0.6 is 11.6 Å². The van der Waals surface area contributed by atoms with Gasteiger partial charge in [0, 0.05) is 24.5 Å². The molecule has 1 saturated carbocycles. The van der Waals surface area contributed by atoms with Crippen molar-refractivity contribution in [2.75, 3.05) is 13.1 Å². The zero-order chi connectivity index (χ0) is 18.0. The lowest BCUT2D eigenvalue weighted by molar-refractivity contribution is -0.138. The number of benzene rings is 1. The molecule has 1 aliphatic carbocycles. The average Bonchev–Trinajstić information content (AvgIpc) is 3.29. The number of nitrogens with zero attached hydrogens (tertiary/aromatic N) is 1. The summed E-state index contributed by atoms with van der Waals surface area (Å²) in [4.78, 5) is 37.5. The molecule has 0 bridgehead atoms. The quantitative estimate of drug-likeness (QED) is 0.776. The number of hydrogen-bond donors (Lipinski definition) is 2. The molecule has 6 nitrogen and oxygen atoms in total. The highest BCUT2D eigenvalue weighted by Gasteiger charge is 2.37. The van der Waals surface area contributed by atoms with Crippen LogP contribution in [0.4, 0.5) is 0 Å². The third kappa shape index (κ3) is 4.72. The summed E-state index contributed by atoms with van der Waals surface area (Å²) in [6.45, 7) is 1.15. The van der Waals surface area contributed by atoms with Crippen molar-refractivity contribution in [3.63, 3.8) is 0 Å². The minimum Gasteiger partial charge on any atom is -0.481 e. The van der Waals surface area contributed by atoms with Crippen molar-refractivity contribution in [3.05, 3.63) is 34.9 Å². The fourth-order valence-electron chi connectivity index (χ4n) is 3.15. The molecule has 2 atom stereocenters. The number of carbonyl (C=O) groups is 3. The fourth-order valence-corrected chi connectivity index (χ4v) is 3.27. The minimum absolute atomic E-state index is 0.00771. The molecule has 2 fully saturated rings. The smallest absolute Gasteiger partial charge is 0.305 e. The first kappa shape index (κ1) is 17.7. The van der Waals surface area contributed by atoms with Gasteiger partial charge in [-0.3, -0.25) is 14.4 Å². The predicted molar refractivity (Wildman–Crippen MR) is 92.0 cm³/mol. The monoisotopic (exact) mass is 364 g/mol. The molecular formula is C18H21ClN2O4. The van der Waals surface area contributed by atoms with Crippen molar-refractivity contribution in [2.45, 2.75) is 31.7 Å². The van der Waals surface area contributed by atoms with Crippen molar-refractivity contribution in [1.82, 2.24) is 10.2 Å². The molecule has 0 aromatic heterocycles. The number of likely N-dealkylation sites (tertiary alicyclic amines) is 1. The van der Waals surface area contributed by atoms with Crippen LogP contribution in [0.5, 0.6) is 0 Å². The van der Waals surface area contributed by atoms with Gasteiger partial charge < -0.3 is 15.3 Å². The molecule has 2 aliphatic rings. The molecule has 1 aliphatic heterocycles. The van der Waals surface area contributed by atoms with Gasteiger partial charge in [0.15, 0.2) is 0 Å². The van der Waals surface area contributed by atoms with E-state index in [1.54, 1.807) is 29.2 Å². The first-order chi connectivity index (χ1) is 11.9. The average molecular weight is 365 g/mol. The summed E-state index contributed by atoms with van der Waals surface area (Å²) in [6.07, 6.45) is 2.27. The lowest BCUT2D eigenvalue weighted by Crippen LogP contribution is -2.36. The second kappa shape index (κ2) is 7.44. The maximum Gasteiger partial charge on any atom is 0.305 e. The van der Waals surface area contributed by atoms with Crippen LogP contribution in [0.2, 0.25) is 5.02 Å². The van der Waals surface area contributed by atoms with E-state index in [0.717, 1.165) is 19.4 Å². The van der Waals surface area contributed by atoms with Gasteiger partial charge in [-0.15, -0.1) is 0 Å². The number of carboxylic acid groups (broad SMARTS) is 1. The van der Waals surface area contributed by atoms with Crippen molar-refractivity contribution in [3.8, 4) is 0 Å². The van der Waals surface area contributed by atoms with Gasteiger partial charge in [-0.1, -0.05) is 23.7 Å². The maximum absolute atomic E-state index is 12.6. The van der Waals surface area contributed by atoms with Gasteiger partial charge in [0.1, 0.15) is 0 Å². The van der Waals surface area contributed by atoms with E-state index in [2.05, 4.69) is 5.32 Å². The van der Waals surface area contributed by atoms with E-state index in [-0.39, 0.29) is 24.7 Å². The highest BCUT2D eigenvalue weighted by Crippen LogP contribution is 2.32. The van der Waals surface area contributed by atoms with Crippen LogP contribution in [0.3, 0.4) is 0 Å². The third-order valence-electron chi connectivity index (χ3n) is 4.73. The maximum atomic E-state index is 12.6. The van der Waals surface area contributed by atoms with Crippen LogP contribution in [-0.4, -0.2) is 40.9 Å². The number of amides is 2. The molecule has 2 amide bonds. The van der Waals surface area contributed by atoms with E-state index < -0.39 is 17.9 Å². The summed E-state index contributed by atoms with van der Waals surface area (Å²) >= 11 is 5.86. The Kier molecular flexibility index (Phi) is 5.27. The Morgan fingerprint density at radius 2 is 1.96 bits per heavy atom. The zero-order valence-corrected chi connectivity index (χ0v) is 14.5. The van der Waals surface area contributed by atoms with Gasteiger partial charge in [-0.2, -0.15) is 0 Å². The van der Waals surface area contributed by atoms with Gasteiger partial charge >= 0.3 is 5.97 Å². The first-order valence-corrected chi connectivity index (χ1v) is 8.85. The second-order valence-corrected chi connectivity index (χ2v) is 7.29. The summed E-state index contributed by atoms with van der Waals surface area (Å²) in [5.41, 5.74) is 0.680. The molecule has 1 saturated heterocycles. The minimum atomic E-state index is -1.00. The molecule has 25 heavy (non-hydrogen) atoms. The van der Waals surface area contributed by atoms with Crippen molar-refractivity contribution in [1.29, 1.82) is 0 Å². The summed E-state index contributed by atoms with van der Waals surface area (Å²) in [6, 6.07) is 6.09. The molecule has 1 heterocycles. The summed E-state index contributed by atoms with van der Waals surface area (Å²) in [5, 5.41) is 12.5. The van der Waals surface area contributed by atoms with E-state index in [1.165, 1.54) is 0 Å².